The van der Waals surface area contributed by atoms with Crippen LogP contribution in [0, 0.1) is 0 Å². The summed E-state index contributed by atoms with van der Waals surface area (Å²) < 4.78 is 17.5. The van der Waals surface area contributed by atoms with Gasteiger partial charge in [0.05, 0.1) is 30.0 Å². The number of dihydropyridines is 1. The molecule has 0 fully saturated rings. The largest absolute Gasteiger partial charge is 0.490 e. The van der Waals surface area contributed by atoms with Crippen molar-refractivity contribution in [1.29, 1.82) is 0 Å². The Morgan fingerprint density at radius 2 is 1.68 bits per heavy atom. The third-order valence-corrected chi connectivity index (χ3v) is 7.85. The number of halogens is 1. The summed E-state index contributed by atoms with van der Waals surface area (Å²) in [7, 11) is 1.33. The third-order valence-electron chi connectivity index (χ3n) is 7.57. The Morgan fingerprint density at radius 3 is 2.46 bits per heavy atom. The molecule has 1 heterocycles. The lowest BCUT2D eigenvalue weighted by Crippen LogP contribution is -2.29. The summed E-state index contributed by atoms with van der Waals surface area (Å²) in [5.41, 5.74) is 5.13. The van der Waals surface area contributed by atoms with Crippen LogP contribution in [0.25, 0.3) is 16.5 Å². The maximum absolute atomic E-state index is 13.7. The molecule has 4 aromatic rings. The van der Waals surface area contributed by atoms with Crippen molar-refractivity contribution < 1.29 is 23.8 Å². The number of ketones is 1. The van der Waals surface area contributed by atoms with Gasteiger partial charge < -0.3 is 19.5 Å². The van der Waals surface area contributed by atoms with Crippen molar-refractivity contribution in [2.45, 2.75) is 26.4 Å². The minimum Gasteiger partial charge on any atom is -0.490 e. The summed E-state index contributed by atoms with van der Waals surface area (Å²) in [6.45, 7) is 4.33. The van der Waals surface area contributed by atoms with Crippen LogP contribution in [0.2, 0.25) is 5.02 Å². The van der Waals surface area contributed by atoms with Crippen molar-refractivity contribution >= 4 is 39.8 Å². The average molecular weight is 566 g/mol. The van der Waals surface area contributed by atoms with Gasteiger partial charge in [0.2, 0.25) is 0 Å². The van der Waals surface area contributed by atoms with E-state index in [1.165, 1.54) is 7.11 Å². The summed E-state index contributed by atoms with van der Waals surface area (Å²) in [5.74, 6) is -0.564. The Morgan fingerprint density at radius 1 is 0.951 bits per heavy atom. The number of carbonyl (C=O) groups is 2. The van der Waals surface area contributed by atoms with E-state index in [-0.39, 0.29) is 12.4 Å². The van der Waals surface area contributed by atoms with E-state index in [0.29, 0.717) is 56.8 Å². The first-order valence-corrected chi connectivity index (χ1v) is 13.8. The van der Waals surface area contributed by atoms with Gasteiger partial charge in [-0.25, -0.2) is 4.79 Å². The fourth-order valence-electron chi connectivity index (χ4n) is 5.77. The highest BCUT2D eigenvalue weighted by atomic mass is 35.5. The lowest BCUT2D eigenvalue weighted by atomic mass is 9.79. The number of benzene rings is 4. The molecule has 1 aliphatic carbocycles. The number of ether oxygens (including phenoxy) is 3. The molecule has 0 spiro atoms. The number of fused-ring (bicyclic) bond motifs is 3. The lowest BCUT2D eigenvalue weighted by molar-refractivity contribution is -0.136. The molecule has 4 aromatic carbocycles. The monoisotopic (exact) mass is 565 g/mol. The second-order valence-electron chi connectivity index (χ2n) is 9.94. The van der Waals surface area contributed by atoms with Crippen molar-refractivity contribution in [2.24, 2.45) is 0 Å². The Bertz CT molecular complexity index is 1780. The Labute approximate surface area is 243 Å². The summed E-state index contributed by atoms with van der Waals surface area (Å²) in [6, 6.07) is 25.2. The molecular weight excluding hydrogens is 538 g/mol. The van der Waals surface area contributed by atoms with Crippen molar-refractivity contribution in [3.63, 3.8) is 0 Å². The van der Waals surface area contributed by atoms with Gasteiger partial charge in [0.1, 0.15) is 6.61 Å². The smallest absolute Gasteiger partial charge is 0.336 e. The normalized spacial score (nSPS) is 15.9. The lowest BCUT2D eigenvalue weighted by Gasteiger charge is -2.29. The van der Waals surface area contributed by atoms with Gasteiger partial charge in [0.15, 0.2) is 17.3 Å². The van der Waals surface area contributed by atoms with E-state index in [4.69, 9.17) is 25.8 Å². The molecule has 7 heteroatoms. The second kappa shape index (κ2) is 10.8. The van der Waals surface area contributed by atoms with Gasteiger partial charge in [0.25, 0.3) is 0 Å². The molecule has 6 rings (SSSR count). The molecule has 0 radical (unpaired) electrons. The van der Waals surface area contributed by atoms with Crippen molar-refractivity contribution in [2.75, 3.05) is 13.7 Å². The first-order chi connectivity index (χ1) is 19.9. The van der Waals surface area contributed by atoms with E-state index in [9.17, 15) is 9.59 Å². The van der Waals surface area contributed by atoms with Crippen LogP contribution in [0.5, 0.6) is 11.5 Å². The van der Waals surface area contributed by atoms with Crippen molar-refractivity contribution in [3.05, 3.63) is 123 Å². The molecule has 0 aromatic heterocycles. The molecule has 2 aliphatic rings. The third kappa shape index (κ3) is 4.54. The number of carbonyl (C=O) groups excluding carboxylic acids is 2. The molecule has 6 nitrogen and oxygen atoms in total. The number of hydrogen-bond acceptors (Lipinski definition) is 6. The number of rotatable bonds is 7. The van der Waals surface area contributed by atoms with Crippen LogP contribution >= 0.6 is 11.6 Å². The number of Topliss-reactive ketones (excluding diaryl/α,β-unsaturated/α-hetero) is 1. The van der Waals surface area contributed by atoms with E-state index in [1.807, 2.05) is 49.4 Å². The number of methoxy groups -OCH3 is 1. The van der Waals surface area contributed by atoms with Crippen LogP contribution in [0.4, 0.5) is 0 Å². The highest BCUT2D eigenvalue weighted by Gasteiger charge is 2.43. The summed E-state index contributed by atoms with van der Waals surface area (Å²) in [4.78, 5) is 26.9. The van der Waals surface area contributed by atoms with Gasteiger partial charge in [-0.05, 0) is 47.9 Å². The van der Waals surface area contributed by atoms with E-state index in [2.05, 4.69) is 23.5 Å². The first kappa shape index (κ1) is 26.7. The predicted molar refractivity (Wildman–Crippen MR) is 159 cm³/mol. The highest BCUT2D eigenvalue weighted by Crippen LogP contribution is 2.49. The second-order valence-corrected chi connectivity index (χ2v) is 10.3. The molecule has 0 saturated carbocycles. The summed E-state index contributed by atoms with van der Waals surface area (Å²) in [5, 5.41) is 5.83. The van der Waals surface area contributed by atoms with Crippen molar-refractivity contribution in [1.82, 2.24) is 5.32 Å². The zero-order valence-corrected chi connectivity index (χ0v) is 23.7. The van der Waals surface area contributed by atoms with Gasteiger partial charge in [-0.15, -0.1) is 0 Å². The maximum atomic E-state index is 13.7. The van der Waals surface area contributed by atoms with Crippen LogP contribution in [-0.4, -0.2) is 25.5 Å². The topological polar surface area (TPSA) is 73.9 Å². The average Bonchev–Trinajstić information content (AvgIpc) is 3.26. The van der Waals surface area contributed by atoms with Gasteiger partial charge in [-0.2, -0.15) is 0 Å². The molecule has 206 valence electrons. The summed E-state index contributed by atoms with van der Waals surface area (Å²) >= 11 is 6.89. The Hall–Kier alpha value is -4.55. The zero-order valence-electron chi connectivity index (χ0n) is 22.9. The molecule has 0 saturated heterocycles. The molecule has 0 unspecified atom stereocenters. The quantitative estimate of drug-likeness (QED) is 0.239. The van der Waals surface area contributed by atoms with Crippen LogP contribution in [0.15, 0.2) is 95.7 Å². The van der Waals surface area contributed by atoms with E-state index in [1.54, 1.807) is 25.1 Å². The maximum Gasteiger partial charge on any atom is 0.336 e. The standard InChI is InChI=1S/C34H28ClNO5/c1-4-40-27-17-22(16-26(35)33(27)41-18-21-12-9-11-20-10-5-6-13-23(20)21)29-28(34(38)39-3)19(2)36-31-24-14-7-8-15-25(24)32(37)30(29)31/h5-17,29,36H,4,18H2,1-3H3/t29-/m0/s1. The Balaban J connectivity index is 1.44. The van der Waals surface area contributed by atoms with Gasteiger partial charge >= 0.3 is 5.97 Å². The Kier molecular flexibility index (Phi) is 7.01. The fourth-order valence-corrected chi connectivity index (χ4v) is 6.04. The molecular formula is C34H28ClNO5. The first-order valence-electron chi connectivity index (χ1n) is 13.4. The van der Waals surface area contributed by atoms with Crippen LogP contribution < -0.4 is 14.8 Å². The molecule has 0 bridgehead atoms. The van der Waals surface area contributed by atoms with Crippen molar-refractivity contribution in [3.8, 4) is 11.5 Å². The predicted octanol–water partition coefficient (Wildman–Crippen LogP) is 7.21. The molecule has 1 atom stereocenters. The van der Waals surface area contributed by atoms with Gasteiger partial charge in [-0.1, -0.05) is 78.3 Å². The molecule has 1 N–H and O–H groups in total. The summed E-state index contributed by atoms with van der Waals surface area (Å²) in [6.07, 6.45) is 0. The fraction of sp³-hybridized carbons (Fsp3) is 0.176. The van der Waals surface area contributed by atoms with Gasteiger partial charge in [0, 0.05) is 28.3 Å². The van der Waals surface area contributed by atoms with Crippen LogP contribution in [0.3, 0.4) is 0 Å². The minimum atomic E-state index is -0.720. The van der Waals surface area contributed by atoms with E-state index >= 15 is 0 Å². The number of nitrogens with one attached hydrogen (secondary N) is 1. The number of allylic oxidation sites excluding steroid dienone is 2. The zero-order chi connectivity index (χ0) is 28.7. The van der Waals surface area contributed by atoms with Crippen LogP contribution in [0.1, 0.15) is 46.8 Å². The number of esters is 1. The number of hydrogen-bond donors (Lipinski definition) is 1. The highest BCUT2D eigenvalue weighted by molar-refractivity contribution is 6.32. The minimum absolute atomic E-state index is 0.146. The molecule has 0 amide bonds. The van der Waals surface area contributed by atoms with E-state index in [0.717, 1.165) is 21.9 Å². The van der Waals surface area contributed by atoms with Gasteiger partial charge in [-0.3, -0.25) is 4.79 Å². The van der Waals surface area contributed by atoms with E-state index < -0.39 is 11.9 Å². The SMILES string of the molecule is CCOc1cc([C@H]2C(C(=O)OC)=C(C)NC3=C2C(=O)c2ccccc23)cc(Cl)c1OCc1cccc2ccccc12. The molecule has 1 aliphatic heterocycles. The molecule has 41 heavy (non-hydrogen) atoms. The van der Waals surface area contributed by atoms with Crippen LogP contribution in [-0.2, 0) is 16.1 Å².